The van der Waals surface area contributed by atoms with Gasteiger partial charge in [-0.05, 0) is 18.6 Å². The number of unbranched alkanes of at least 4 members (excludes halogenated alkanes) is 3. The first-order valence-corrected chi connectivity index (χ1v) is 9.12. The largest absolute Gasteiger partial charge is 0.478 e. The van der Waals surface area contributed by atoms with Gasteiger partial charge in [0.2, 0.25) is 0 Å². The molecule has 0 atom stereocenters. The molecule has 1 N–H and O–H groups in total. The molecule has 0 aromatic carbocycles. The number of nitrogens with zero attached hydrogens (tertiary/aromatic N) is 5. The highest BCUT2D eigenvalue weighted by molar-refractivity contribution is 5.86. The summed E-state index contributed by atoms with van der Waals surface area (Å²) in [5, 5.41) is 8.34. The molecule has 0 aliphatic rings. The number of hydrogen-bond donors (Lipinski definition) is 1. The summed E-state index contributed by atoms with van der Waals surface area (Å²) in [6.45, 7) is 2.61. The summed E-state index contributed by atoms with van der Waals surface area (Å²) in [6, 6.07) is 3.08. The number of aromatic carboxylic acids is 1. The van der Waals surface area contributed by atoms with Gasteiger partial charge in [-0.3, -0.25) is 18.9 Å². The first-order valence-electron chi connectivity index (χ1n) is 9.12. The Morgan fingerprint density at radius 1 is 1.18 bits per heavy atom. The lowest BCUT2D eigenvalue weighted by Crippen LogP contribution is -2.39. The second-order valence-corrected chi connectivity index (χ2v) is 6.43. The van der Waals surface area contributed by atoms with Crippen LogP contribution in [0, 0.1) is 0 Å². The second-order valence-electron chi connectivity index (χ2n) is 6.43. The minimum Gasteiger partial charge on any atom is -0.478 e. The summed E-state index contributed by atoms with van der Waals surface area (Å²) < 4.78 is 4.43. The number of imidazole rings is 1. The van der Waals surface area contributed by atoms with Gasteiger partial charge in [-0.15, -0.1) is 0 Å². The number of aromatic nitrogens is 5. The van der Waals surface area contributed by atoms with Crippen molar-refractivity contribution in [1.29, 1.82) is 0 Å². The average molecular weight is 387 g/mol. The van der Waals surface area contributed by atoms with Crippen LogP contribution in [0.25, 0.3) is 11.2 Å². The highest BCUT2D eigenvalue weighted by Gasteiger charge is 2.14. The molecular formula is C19H25N5O4. The molecule has 0 saturated heterocycles. The predicted octanol–water partition coefficient (Wildman–Crippen LogP) is 1.79. The van der Waals surface area contributed by atoms with Crippen LogP contribution in [0.3, 0.4) is 0 Å². The first-order chi connectivity index (χ1) is 13.4. The fourth-order valence-corrected chi connectivity index (χ4v) is 2.78. The van der Waals surface area contributed by atoms with Crippen molar-refractivity contribution in [3.05, 3.63) is 57.3 Å². The third kappa shape index (κ3) is 4.73. The number of hydrogen-bond acceptors (Lipinski definition) is 5. The Bertz CT molecular complexity index is 1050. The van der Waals surface area contributed by atoms with Gasteiger partial charge in [-0.1, -0.05) is 26.2 Å². The topological polar surface area (TPSA) is 112 Å². The molecule has 0 radical (unpaired) electrons. The normalized spacial score (nSPS) is 10.5. The minimum absolute atomic E-state index is 0.220. The summed E-state index contributed by atoms with van der Waals surface area (Å²) in [5.41, 5.74) is 0.625. The zero-order valence-corrected chi connectivity index (χ0v) is 16.3. The molecule has 0 aliphatic heterocycles. The zero-order chi connectivity index (χ0) is 20.7. The van der Waals surface area contributed by atoms with Crippen LogP contribution >= 0.6 is 0 Å². The lowest BCUT2D eigenvalue weighted by molar-refractivity contribution is 0.0696. The van der Waals surface area contributed by atoms with Crippen LogP contribution in [0.1, 0.15) is 43.0 Å². The smallest absolute Gasteiger partial charge is 0.337 e. The maximum Gasteiger partial charge on any atom is 0.337 e. The molecule has 3 aromatic heterocycles. The van der Waals surface area contributed by atoms with E-state index in [1.165, 1.54) is 27.6 Å². The number of carboxylic acid groups (broad SMARTS) is 1. The SMILES string of the molecule is CCCCCCn1c(=O)c2c(ncn2C)n(C)c1=O.O=C(O)c1cccnc1. The number of pyridine rings is 1. The van der Waals surface area contributed by atoms with Crippen molar-refractivity contribution in [3.63, 3.8) is 0 Å². The van der Waals surface area contributed by atoms with Crippen LogP contribution in [0.4, 0.5) is 0 Å². The van der Waals surface area contributed by atoms with Crippen LogP contribution < -0.4 is 11.2 Å². The van der Waals surface area contributed by atoms with E-state index in [-0.39, 0.29) is 16.8 Å². The molecule has 3 rings (SSSR count). The summed E-state index contributed by atoms with van der Waals surface area (Å²) in [7, 11) is 3.42. The predicted molar refractivity (Wildman–Crippen MR) is 106 cm³/mol. The molecule has 0 aliphatic carbocycles. The number of carboxylic acids is 1. The highest BCUT2D eigenvalue weighted by Crippen LogP contribution is 2.04. The Kier molecular flexibility index (Phi) is 7.25. The second kappa shape index (κ2) is 9.63. The fraction of sp³-hybridized carbons (Fsp3) is 0.421. The molecule has 3 heterocycles. The van der Waals surface area contributed by atoms with Crippen LogP contribution in [0.2, 0.25) is 0 Å². The van der Waals surface area contributed by atoms with Crippen molar-refractivity contribution in [2.45, 2.75) is 39.2 Å². The van der Waals surface area contributed by atoms with Crippen LogP contribution in [-0.4, -0.2) is 34.7 Å². The van der Waals surface area contributed by atoms with E-state index >= 15 is 0 Å². The summed E-state index contributed by atoms with van der Waals surface area (Å²) in [5.74, 6) is -0.942. The standard InChI is InChI=1S/C13H20N4O2.C6H5NO2/c1-4-5-6-7-8-17-12(18)10-11(14-9-15(10)2)16(3)13(17)19;8-6(9)5-2-1-3-7-4-5/h9H,4-8H2,1-3H3;1-4H,(H,8,9). The van der Waals surface area contributed by atoms with E-state index in [1.807, 2.05) is 0 Å². The van der Waals surface area contributed by atoms with E-state index in [1.54, 1.807) is 31.1 Å². The Hall–Kier alpha value is -3.23. The number of aryl methyl sites for hydroxylation is 2. The van der Waals surface area contributed by atoms with E-state index < -0.39 is 5.97 Å². The average Bonchev–Trinajstić information content (AvgIpc) is 3.09. The maximum atomic E-state index is 12.3. The third-order valence-electron chi connectivity index (χ3n) is 4.34. The van der Waals surface area contributed by atoms with E-state index in [0.29, 0.717) is 17.7 Å². The van der Waals surface area contributed by atoms with Gasteiger partial charge in [0.1, 0.15) is 0 Å². The summed E-state index contributed by atoms with van der Waals surface area (Å²) >= 11 is 0. The monoisotopic (exact) mass is 387 g/mol. The van der Waals surface area contributed by atoms with Gasteiger partial charge in [0.15, 0.2) is 11.2 Å². The van der Waals surface area contributed by atoms with Gasteiger partial charge in [0.25, 0.3) is 5.56 Å². The number of rotatable bonds is 6. The molecule has 0 amide bonds. The number of carbonyl (C=O) groups is 1. The van der Waals surface area contributed by atoms with Crippen molar-refractivity contribution in [1.82, 2.24) is 23.7 Å². The number of fused-ring (bicyclic) bond motifs is 1. The third-order valence-corrected chi connectivity index (χ3v) is 4.34. The van der Waals surface area contributed by atoms with Crippen molar-refractivity contribution in [3.8, 4) is 0 Å². The Morgan fingerprint density at radius 2 is 1.93 bits per heavy atom. The first kappa shape index (κ1) is 21.1. The minimum atomic E-state index is -0.942. The zero-order valence-electron chi connectivity index (χ0n) is 16.3. The van der Waals surface area contributed by atoms with Crippen molar-refractivity contribution in [2.75, 3.05) is 0 Å². The summed E-state index contributed by atoms with van der Waals surface area (Å²) in [6.07, 6.45) is 8.56. The Morgan fingerprint density at radius 3 is 2.50 bits per heavy atom. The molecule has 0 saturated carbocycles. The summed E-state index contributed by atoms with van der Waals surface area (Å²) in [4.78, 5) is 42.4. The van der Waals surface area contributed by atoms with Gasteiger partial charge < -0.3 is 9.67 Å². The Balaban J connectivity index is 0.000000261. The van der Waals surface area contributed by atoms with Crippen molar-refractivity contribution in [2.24, 2.45) is 14.1 Å². The van der Waals surface area contributed by atoms with Gasteiger partial charge in [0, 0.05) is 33.0 Å². The molecule has 9 nitrogen and oxygen atoms in total. The van der Waals surface area contributed by atoms with Gasteiger partial charge in [-0.2, -0.15) is 0 Å². The lowest BCUT2D eigenvalue weighted by Gasteiger charge is -2.08. The van der Waals surface area contributed by atoms with E-state index in [2.05, 4.69) is 16.9 Å². The molecule has 150 valence electrons. The molecule has 0 fully saturated rings. The molecule has 9 heteroatoms. The molecule has 28 heavy (non-hydrogen) atoms. The van der Waals surface area contributed by atoms with E-state index in [4.69, 9.17) is 5.11 Å². The fourth-order valence-electron chi connectivity index (χ4n) is 2.78. The maximum absolute atomic E-state index is 12.3. The molecule has 0 spiro atoms. The lowest BCUT2D eigenvalue weighted by atomic mass is 10.2. The van der Waals surface area contributed by atoms with Crippen LogP contribution in [0.5, 0.6) is 0 Å². The molecule has 0 unspecified atom stereocenters. The van der Waals surface area contributed by atoms with Gasteiger partial charge in [0.05, 0.1) is 11.9 Å². The molecule has 0 bridgehead atoms. The molecular weight excluding hydrogens is 362 g/mol. The highest BCUT2D eigenvalue weighted by atomic mass is 16.4. The van der Waals surface area contributed by atoms with Gasteiger partial charge >= 0.3 is 11.7 Å². The van der Waals surface area contributed by atoms with Crippen molar-refractivity contribution >= 4 is 17.1 Å². The quantitative estimate of drug-likeness (QED) is 0.646. The van der Waals surface area contributed by atoms with E-state index in [0.717, 1.165) is 25.7 Å². The van der Waals surface area contributed by atoms with E-state index in [9.17, 15) is 14.4 Å². The van der Waals surface area contributed by atoms with Crippen LogP contribution in [-0.2, 0) is 20.6 Å². The Labute approximate surface area is 161 Å². The molecule has 3 aromatic rings. The van der Waals surface area contributed by atoms with Gasteiger partial charge in [-0.25, -0.2) is 14.6 Å². The van der Waals surface area contributed by atoms with Crippen LogP contribution in [0.15, 0.2) is 40.4 Å². The van der Waals surface area contributed by atoms with Crippen molar-refractivity contribution < 1.29 is 9.90 Å².